The number of aromatic amines is 1. The van der Waals surface area contributed by atoms with Gasteiger partial charge in [-0.15, -0.1) is 17.3 Å². The summed E-state index contributed by atoms with van der Waals surface area (Å²) in [6.45, 7) is 16.5. The molecular weight excluding hydrogens is 552 g/mol. The van der Waals surface area contributed by atoms with Crippen molar-refractivity contribution in [3.63, 3.8) is 0 Å². The molecule has 1 aromatic carbocycles. The van der Waals surface area contributed by atoms with Crippen molar-refractivity contribution in [2.45, 2.75) is 99.1 Å². The molecule has 1 aliphatic heterocycles. The Kier molecular flexibility index (Phi) is 13.9. The van der Waals surface area contributed by atoms with Crippen LogP contribution in [0.4, 0.5) is 5.82 Å². The first kappa shape index (κ1) is 34.0. The number of aromatic nitrogens is 4. The second-order valence-electron chi connectivity index (χ2n) is 11.1. The van der Waals surface area contributed by atoms with Gasteiger partial charge in [-0.05, 0) is 78.5 Å². The Bertz CT molecular complexity index is 1460. The van der Waals surface area contributed by atoms with Gasteiger partial charge < -0.3 is 5.32 Å². The Morgan fingerprint density at radius 1 is 1.12 bits per heavy atom. The van der Waals surface area contributed by atoms with E-state index in [-0.39, 0.29) is 5.78 Å². The highest BCUT2D eigenvalue weighted by molar-refractivity contribution is 7.11. The first-order valence-corrected chi connectivity index (χ1v) is 16.3. The van der Waals surface area contributed by atoms with Crippen molar-refractivity contribution in [2.24, 2.45) is 0 Å². The monoisotopic (exact) mass is 600 g/mol. The van der Waals surface area contributed by atoms with Gasteiger partial charge in [0.2, 0.25) is 0 Å². The summed E-state index contributed by atoms with van der Waals surface area (Å²) >= 11 is 1.73. The standard InChI is InChI=1S/C19H27N5.C11H14O.C5H7NS/c1-4-7-16(8-5-2)24-12-6-9-15(13-24)21-19-17-14(3)10-11-20-18(17)22-23-19;1-3-4-11(12)10-7-5-9(2)6-8-10;1-4-3-6-5(2)7-4/h10-11,15-16H,4,6-7,9,12-13H2,1-3H3,(H2,20,21,22,23);5-8H,3-4H2,1-2H3;3H,1-2H3. The molecule has 2 N–H and O–H groups in total. The number of anilines is 1. The van der Waals surface area contributed by atoms with Gasteiger partial charge in [0.05, 0.1) is 16.4 Å². The largest absolute Gasteiger partial charge is 0.364 e. The van der Waals surface area contributed by atoms with Gasteiger partial charge in [0.15, 0.2) is 17.2 Å². The fraction of sp³-hybridized carbons (Fsp3) is 0.486. The summed E-state index contributed by atoms with van der Waals surface area (Å²) in [7, 11) is 0. The topological polar surface area (TPSA) is 86.8 Å². The van der Waals surface area contributed by atoms with Gasteiger partial charge in [0, 0.05) is 41.8 Å². The SMILES string of the molecule is CC#CC(CCC)N1CCCC(Nc2n[nH]c3nccc(C)c23)C1.CCCC(=O)c1ccc(C)cc1.Cc1cnc(C)s1. The van der Waals surface area contributed by atoms with Crippen molar-refractivity contribution in [1.82, 2.24) is 25.1 Å². The number of ketones is 1. The van der Waals surface area contributed by atoms with Crippen LogP contribution in [0.2, 0.25) is 0 Å². The molecule has 0 amide bonds. The Morgan fingerprint density at radius 2 is 1.88 bits per heavy atom. The molecule has 4 aromatic rings. The van der Waals surface area contributed by atoms with Crippen LogP contribution >= 0.6 is 11.3 Å². The number of likely N-dealkylation sites (tertiary alicyclic amines) is 1. The first-order valence-electron chi connectivity index (χ1n) is 15.5. The molecule has 43 heavy (non-hydrogen) atoms. The van der Waals surface area contributed by atoms with Crippen molar-refractivity contribution in [3.05, 3.63) is 69.3 Å². The van der Waals surface area contributed by atoms with Gasteiger partial charge in [0.1, 0.15) is 0 Å². The maximum absolute atomic E-state index is 11.4. The number of nitrogens with one attached hydrogen (secondary N) is 2. The second-order valence-corrected chi connectivity index (χ2v) is 12.6. The zero-order chi connectivity index (χ0) is 31.2. The smallest absolute Gasteiger partial charge is 0.162 e. The molecule has 3 aromatic heterocycles. The van der Waals surface area contributed by atoms with Crippen LogP contribution in [0.3, 0.4) is 0 Å². The Hall–Kier alpha value is -3.54. The molecule has 0 bridgehead atoms. The predicted molar refractivity (Wildman–Crippen MR) is 181 cm³/mol. The molecular formula is C35H48N6OS. The van der Waals surface area contributed by atoms with Crippen LogP contribution in [-0.4, -0.2) is 56.0 Å². The normalized spacial score (nSPS) is 15.3. The van der Waals surface area contributed by atoms with Gasteiger partial charge in [-0.1, -0.05) is 56.0 Å². The molecule has 5 rings (SSSR count). The number of pyridine rings is 1. The lowest BCUT2D eigenvalue weighted by molar-refractivity contribution is 0.0981. The van der Waals surface area contributed by atoms with Crippen molar-refractivity contribution in [2.75, 3.05) is 18.4 Å². The number of carbonyl (C=O) groups excluding carboxylic acids is 1. The molecule has 230 valence electrons. The molecule has 0 radical (unpaired) electrons. The highest BCUT2D eigenvalue weighted by atomic mass is 32.1. The van der Waals surface area contributed by atoms with Gasteiger partial charge in [-0.2, -0.15) is 5.10 Å². The lowest BCUT2D eigenvalue weighted by atomic mass is 10.0. The molecule has 2 unspecified atom stereocenters. The van der Waals surface area contributed by atoms with Crippen LogP contribution in [0.5, 0.6) is 0 Å². The summed E-state index contributed by atoms with van der Waals surface area (Å²) in [6.07, 6.45) is 9.96. The number of nitrogens with zero attached hydrogens (tertiary/aromatic N) is 4. The van der Waals surface area contributed by atoms with Crippen LogP contribution in [0, 0.1) is 39.5 Å². The maximum Gasteiger partial charge on any atom is 0.162 e. The highest BCUT2D eigenvalue weighted by Crippen LogP contribution is 2.25. The highest BCUT2D eigenvalue weighted by Gasteiger charge is 2.25. The zero-order valence-corrected chi connectivity index (χ0v) is 27.8. The van der Waals surface area contributed by atoms with Gasteiger partial charge in [0.25, 0.3) is 0 Å². The van der Waals surface area contributed by atoms with E-state index < -0.39 is 0 Å². The van der Waals surface area contributed by atoms with E-state index in [0.717, 1.165) is 53.4 Å². The number of carbonyl (C=O) groups is 1. The third-order valence-electron chi connectivity index (χ3n) is 7.36. The lowest BCUT2D eigenvalue weighted by Crippen LogP contribution is -2.46. The molecule has 8 heteroatoms. The fourth-order valence-electron chi connectivity index (χ4n) is 5.18. The number of rotatable bonds is 8. The number of H-pyrrole nitrogens is 1. The summed E-state index contributed by atoms with van der Waals surface area (Å²) in [6, 6.07) is 10.6. The molecule has 7 nitrogen and oxygen atoms in total. The number of thiazole rings is 1. The molecule has 0 saturated carbocycles. The third kappa shape index (κ3) is 10.6. The predicted octanol–water partition coefficient (Wildman–Crippen LogP) is 8.07. The van der Waals surface area contributed by atoms with Crippen LogP contribution in [0.1, 0.15) is 90.7 Å². The van der Waals surface area contributed by atoms with E-state index >= 15 is 0 Å². The Morgan fingerprint density at radius 3 is 2.49 bits per heavy atom. The zero-order valence-electron chi connectivity index (χ0n) is 27.0. The summed E-state index contributed by atoms with van der Waals surface area (Å²) in [5, 5.41) is 13.4. The van der Waals surface area contributed by atoms with E-state index in [4.69, 9.17) is 0 Å². The van der Waals surface area contributed by atoms with E-state index in [2.05, 4.69) is 63.0 Å². The average molecular weight is 601 g/mol. The summed E-state index contributed by atoms with van der Waals surface area (Å²) < 4.78 is 0. The first-order chi connectivity index (χ1) is 20.7. The Balaban J connectivity index is 0.000000219. The fourth-order valence-corrected chi connectivity index (χ4v) is 5.85. The van der Waals surface area contributed by atoms with Crippen molar-refractivity contribution in [3.8, 4) is 11.8 Å². The molecule has 0 spiro atoms. The van der Waals surface area contributed by atoms with E-state index in [0.29, 0.717) is 18.5 Å². The molecule has 1 fully saturated rings. The molecule has 2 atom stereocenters. The molecule has 4 heterocycles. The lowest BCUT2D eigenvalue weighted by Gasteiger charge is -2.36. The number of aryl methyl sites for hydroxylation is 4. The number of fused-ring (bicyclic) bond motifs is 1. The quantitative estimate of drug-likeness (QED) is 0.157. The van der Waals surface area contributed by atoms with Crippen molar-refractivity contribution >= 4 is 34.0 Å². The Labute approximate surface area is 261 Å². The third-order valence-corrected chi connectivity index (χ3v) is 8.19. The minimum Gasteiger partial charge on any atom is -0.364 e. The van der Waals surface area contributed by atoms with E-state index in [1.165, 1.54) is 35.3 Å². The van der Waals surface area contributed by atoms with Crippen LogP contribution in [0.15, 0.2) is 42.7 Å². The number of hydrogen-bond donors (Lipinski definition) is 2. The number of Topliss-reactive ketones (excluding diaryl/α,β-unsaturated/α-hetero) is 1. The molecule has 1 saturated heterocycles. The van der Waals surface area contributed by atoms with Crippen LogP contribution in [-0.2, 0) is 0 Å². The minimum absolute atomic E-state index is 0.248. The summed E-state index contributed by atoms with van der Waals surface area (Å²) in [4.78, 5) is 23.6. The molecule has 0 aliphatic carbocycles. The number of benzene rings is 1. The summed E-state index contributed by atoms with van der Waals surface area (Å²) in [5.74, 6) is 7.67. The molecule has 1 aliphatic rings. The van der Waals surface area contributed by atoms with Crippen molar-refractivity contribution in [1.29, 1.82) is 0 Å². The van der Waals surface area contributed by atoms with Gasteiger partial charge in [-0.25, -0.2) is 9.97 Å². The van der Waals surface area contributed by atoms with Gasteiger partial charge >= 0.3 is 0 Å². The van der Waals surface area contributed by atoms with E-state index in [1.54, 1.807) is 11.3 Å². The van der Waals surface area contributed by atoms with Crippen LogP contribution < -0.4 is 5.32 Å². The average Bonchev–Trinajstić information content (AvgIpc) is 3.59. The van der Waals surface area contributed by atoms with E-state index in [9.17, 15) is 4.79 Å². The van der Waals surface area contributed by atoms with Gasteiger partial charge in [-0.3, -0.25) is 14.8 Å². The van der Waals surface area contributed by atoms with E-state index in [1.807, 2.05) is 70.4 Å². The number of hydrogen-bond acceptors (Lipinski definition) is 7. The van der Waals surface area contributed by atoms with Crippen LogP contribution in [0.25, 0.3) is 11.0 Å². The number of piperidine rings is 1. The van der Waals surface area contributed by atoms with Crippen molar-refractivity contribution < 1.29 is 4.79 Å². The second kappa shape index (κ2) is 17.5. The minimum atomic E-state index is 0.248. The summed E-state index contributed by atoms with van der Waals surface area (Å²) in [5.41, 5.74) is 4.08. The maximum atomic E-state index is 11.4.